The lowest BCUT2D eigenvalue weighted by atomic mass is 10.00. The SMILES string of the molecule is CC(C)(C)OC(=O)N1Cc2nc(-c3c(F)cccc3C#N)cc(-n3ccc(N4CC[C@@H](O)[C@@H](N5CCOCC5)C4)n3)c2C1=O.CC(C)(C)OC(=O)N1Cc2nc(-c3c(F)cccc3C#N)cc(Cl)c2C1=O.N#Cc1cccc(F)c1-c1cc(-n2ccc(N3CC[C@@H](O)[C@@H](N4CCOCC4)C3)n2)c2c(n1)CNC2=O.O[C@H]1CCN(c2ccn[nH]2)CC1N1CCOCC1. The number of imide groups is 2. The van der Waals surface area contributed by atoms with Crippen LogP contribution in [0.2, 0.25) is 5.02 Å². The summed E-state index contributed by atoms with van der Waals surface area (Å²) >= 11 is 6.23. The summed E-state index contributed by atoms with van der Waals surface area (Å²) in [5.74, 6) is -0.940. The summed E-state index contributed by atoms with van der Waals surface area (Å²) in [6.45, 7) is 23.2. The average molecular weight is 1750 g/mol. The van der Waals surface area contributed by atoms with Gasteiger partial charge in [0.2, 0.25) is 0 Å². The van der Waals surface area contributed by atoms with Crippen LogP contribution in [0.4, 0.5) is 40.2 Å². The van der Waals surface area contributed by atoms with E-state index in [4.69, 9.17) is 45.5 Å². The minimum Gasteiger partial charge on any atom is -0.443 e. The number of aromatic nitrogens is 9. The molecule has 6 fully saturated rings. The molecule has 34 nitrogen and oxygen atoms in total. The molecule has 6 aromatic heterocycles. The van der Waals surface area contributed by atoms with E-state index in [2.05, 4.69) is 59.9 Å². The van der Waals surface area contributed by atoms with Gasteiger partial charge in [0, 0.05) is 109 Å². The number of nitriles is 3. The Labute approximate surface area is 728 Å². The number of nitrogens with zero attached hydrogens (tertiary/aromatic N) is 19. The fourth-order valence-corrected chi connectivity index (χ4v) is 17.2. The summed E-state index contributed by atoms with van der Waals surface area (Å²) < 4.78 is 74.4. The Hall–Kier alpha value is -12.3. The number of aromatic amines is 1. The van der Waals surface area contributed by atoms with Gasteiger partial charge < -0.3 is 59.0 Å². The van der Waals surface area contributed by atoms with E-state index in [1.54, 1.807) is 70.9 Å². The molecule has 0 bridgehead atoms. The van der Waals surface area contributed by atoms with Crippen LogP contribution in [-0.2, 0) is 43.3 Å². The zero-order chi connectivity index (χ0) is 89.0. The highest BCUT2D eigenvalue weighted by molar-refractivity contribution is 6.35. The Morgan fingerprint density at radius 3 is 1.29 bits per heavy atom. The van der Waals surface area contributed by atoms with Crippen LogP contribution < -0.4 is 20.0 Å². The summed E-state index contributed by atoms with van der Waals surface area (Å²) in [5, 5.41) is 79.5. The molecular formula is C88H95ClF3N21O13. The molecule has 6 saturated heterocycles. The highest BCUT2D eigenvalue weighted by atomic mass is 35.5. The van der Waals surface area contributed by atoms with E-state index in [-0.39, 0.29) is 128 Å². The zero-order valence-electron chi connectivity index (χ0n) is 70.3. The molecule has 0 saturated carbocycles. The molecule has 18 rings (SSSR count). The second-order valence-electron chi connectivity index (χ2n) is 33.5. The molecule has 0 aliphatic carbocycles. The number of benzene rings is 3. The van der Waals surface area contributed by atoms with Crippen LogP contribution in [0.3, 0.4) is 0 Å². The van der Waals surface area contributed by atoms with Gasteiger partial charge >= 0.3 is 12.2 Å². The first kappa shape index (κ1) is 88.5. The molecule has 126 heavy (non-hydrogen) atoms. The van der Waals surface area contributed by atoms with E-state index in [1.807, 2.05) is 36.4 Å². The smallest absolute Gasteiger partial charge is 0.417 e. The van der Waals surface area contributed by atoms with Crippen LogP contribution in [0, 0.1) is 51.4 Å². The maximum atomic E-state index is 15.1. The first-order valence-corrected chi connectivity index (χ1v) is 42.0. The van der Waals surface area contributed by atoms with Gasteiger partial charge in [-0.2, -0.15) is 31.1 Å². The Morgan fingerprint density at radius 2 is 0.881 bits per heavy atom. The van der Waals surface area contributed by atoms with E-state index >= 15 is 4.39 Å². The number of anilines is 3. The van der Waals surface area contributed by atoms with Crippen molar-refractivity contribution in [3.8, 4) is 63.4 Å². The molecule has 1 unspecified atom stereocenters. The third kappa shape index (κ3) is 19.2. The highest BCUT2D eigenvalue weighted by Crippen LogP contribution is 2.40. The molecule has 15 heterocycles. The lowest BCUT2D eigenvalue weighted by molar-refractivity contribution is -0.0268. The molecule has 0 spiro atoms. The maximum absolute atomic E-state index is 15.1. The summed E-state index contributed by atoms with van der Waals surface area (Å²) in [4.78, 5) is 92.8. The second kappa shape index (κ2) is 37.9. The van der Waals surface area contributed by atoms with Crippen molar-refractivity contribution in [2.45, 2.75) is 128 Å². The fourth-order valence-electron chi connectivity index (χ4n) is 16.9. The quantitative estimate of drug-likeness (QED) is 0.0809. The molecule has 38 heteroatoms. The summed E-state index contributed by atoms with van der Waals surface area (Å²) in [6, 6.07) is 28.7. The largest absolute Gasteiger partial charge is 0.443 e. The minimum atomic E-state index is -0.833. The number of rotatable bonds is 11. The van der Waals surface area contributed by atoms with Crippen molar-refractivity contribution in [2.75, 3.05) is 133 Å². The van der Waals surface area contributed by atoms with E-state index in [0.29, 0.717) is 93.9 Å². The van der Waals surface area contributed by atoms with Gasteiger partial charge in [-0.3, -0.25) is 34.2 Å². The van der Waals surface area contributed by atoms with E-state index in [0.717, 1.165) is 93.4 Å². The first-order valence-electron chi connectivity index (χ1n) is 41.6. The number of pyridine rings is 3. The number of halogens is 4. The van der Waals surface area contributed by atoms with Crippen molar-refractivity contribution >= 4 is 59.0 Å². The van der Waals surface area contributed by atoms with Gasteiger partial charge in [-0.25, -0.2) is 56.9 Å². The molecule has 9 aliphatic rings. The number of carbonyl (C=O) groups is 5. The number of nitrogens with one attached hydrogen (secondary N) is 2. The van der Waals surface area contributed by atoms with Gasteiger partial charge in [-0.1, -0.05) is 29.8 Å². The zero-order valence-corrected chi connectivity index (χ0v) is 71.0. The Kier molecular flexibility index (Phi) is 26.6. The number of ether oxygens (including phenoxy) is 5. The maximum Gasteiger partial charge on any atom is 0.417 e. The van der Waals surface area contributed by atoms with Crippen LogP contribution in [-0.4, -0.2) is 280 Å². The Bertz CT molecular complexity index is 5710. The Balaban J connectivity index is 0.000000135. The highest BCUT2D eigenvalue weighted by Gasteiger charge is 2.44. The summed E-state index contributed by atoms with van der Waals surface area (Å²) in [5.41, 5.74) is 1.64. The number of H-pyrrole nitrogens is 1. The second-order valence-corrected chi connectivity index (χ2v) is 33.9. The number of morpholine rings is 3. The van der Waals surface area contributed by atoms with Crippen molar-refractivity contribution in [1.29, 1.82) is 15.8 Å². The molecule has 5 N–H and O–H groups in total. The van der Waals surface area contributed by atoms with Crippen LogP contribution in [0.15, 0.2) is 110 Å². The number of hydrogen-bond acceptors (Lipinski definition) is 28. The molecule has 658 valence electrons. The third-order valence-electron chi connectivity index (χ3n) is 23.1. The Morgan fingerprint density at radius 1 is 0.500 bits per heavy atom. The third-order valence-corrected chi connectivity index (χ3v) is 23.4. The summed E-state index contributed by atoms with van der Waals surface area (Å²) in [7, 11) is 0. The molecule has 3 aromatic carbocycles. The number of aliphatic hydroxyl groups excluding tert-OH is 3. The molecule has 6 atom stereocenters. The molecular weight excluding hydrogens is 1650 g/mol. The predicted octanol–water partition coefficient (Wildman–Crippen LogP) is 8.55. The van der Waals surface area contributed by atoms with Gasteiger partial charge in [0.15, 0.2) is 11.6 Å². The van der Waals surface area contributed by atoms with Gasteiger partial charge in [0.25, 0.3) is 17.7 Å². The minimum absolute atomic E-state index is 0.00651. The van der Waals surface area contributed by atoms with Crippen molar-refractivity contribution in [2.24, 2.45) is 0 Å². The van der Waals surface area contributed by atoms with Gasteiger partial charge in [-0.05, 0) is 115 Å². The average Bonchev–Trinajstić information content (AvgIpc) is 1.60. The predicted molar refractivity (Wildman–Crippen MR) is 451 cm³/mol. The van der Waals surface area contributed by atoms with Crippen molar-refractivity contribution in [3.63, 3.8) is 0 Å². The van der Waals surface area contributed by atoms with Crippen molar-refractivity contribution in [3.05, 3.63) is 183 Å². The van der Waals surface area contributed by atoms with E-state index in [1.165, 1.54) is 71.4 Å². The van der Waals surface area contributed by atoms with Gasteiger partial charge in [0.05, 0.1) is 221 Å². The van der Waals surface area contributed by atoms with E-state index < -0.39 is 64.9 Å². The number of amides is 5. The van der Waals surface area contributed by atoms with Crippen LogP contribution >= 0.6 is 11.6 Å². The number of aliphatic hydroxyl groups is 3. The molecule has 0 radical (unpaired) electrons. The fraction of sp³-hybridized carbons (Fsp3) is 0.432. The van der Waals surface area contributed by atoms with Crippen molar-refractivity contribution in [1.82, 2.24) is 74.5 Å². The standard InChI is InChI=1S/C31H34FN7O5.C26H26FN7O3.C19H15ClFN3O3.C12H20N4O2/c1-31(2,3)44-30(42)38-17-22-28(29(38)41)23(15-21(34-22)27-19(16-33)5-4-6-20(27)32)39-10-8-26(35-39)37-9-7-25(40)24(18-37)36-11-13-43-14-12-36;27-17-3-1-2-16(13-28)24(17)18-12-20(25-19(30-18)14-29-26(25)36)34-7-5-23(31-34)33-6-4-22(35)21(15-33)32-8-10-37-11-9-32;1-19(2,3)27-18(26)24-9-14-16(17(24)25)11(20)7-13(23-14)15-10(8-22)5-4-6-12(15)21;17-11-2-4-16(12-1-3-13-14-12)9-10(11)15-5-7-18-8-6-15/h4-6,8,10,15,24-25,40H,7,9,11-14,17-18H2,1-3H3;1-3,5,7,12,21-22,35H,4,6,8-11,14-15H2,(H,29,36);4-7H,9H2,1-3H3;1,3,10-11,17H,2,4-9H2,(H,13,14)/t24-,25+;21-,22+;;10?,11-/m00.0/s1. The van der Waals surface area contributed by atoms with Crippen LogP contribution in [0.25, 0.3) is 45.1 Å². The number of carbonyl (C=O) groups excluding carboxylic acids is 5. The first-order chi connectivity index (χ1) is 60.5. The normalized spacial score (nSPS) is 21.0. The molecule has 9 aliphatic heterocycles. The summed E-state index contributed by atoms with van der Waals surface area (Å²) in [6.07, 6.45) is 4.47. The van der Waals surface area contributed by atoms with Crippen LogP contribution in [0.1, 0.15) is 126 Å². The van der Waals surface area contributed by atoms with E-state index in [9.17, 15) is 63.9 Å². The number of piperidine rings is 3. The lowest BCUT2D eigenvalue weighted by Crippen LogP contribution is -2.58. The van der Waals surface area contributed by atoms with Gasteiger partial charge in [0.1, 0.15) is 34.5 Å². The number of fused-ring (bicyclic) bond motifs is 3. The molecule has 9 aromatic rings. The van der Waals surface area contributed by atoms with Crippen LogP contribution in [0.5, 0.6) is 0 Å². The number of hydrogen-bond donors (Lipinski definition) is 5. The van der Waals surface area contributed by atoms with Crippen molar-refractivity contribution < 1.29 is 76.1 Å². The monoisotopic (exact) mass is 1750 g/mol. The topological polar surface area (TPSA) is 405 Å². The molecule has 5 amide bonds. The lowest BCUT2D eigenvalue weighted by Gasteiger charge is -2.43. The van der Waals surface area contributed by atoms with Gasteiger partial charge in [-0.15, -0.1) is 0 Å².